The molecule has 1 saturated heterocycles. The molecule has 0 bridgehead atoms. The summed E-state index contributed by atoms with van der Waals surface area (Å²) < 4.78 is 5.23. The molecule has 1 aromatic rings. The normalized spacial score (nSPS) is 14.7. The molecule has 2 heterocycles. The average molecular weight is 283 g/mol. The largest absolute Gasteiger partial charge is 0.393 e. The summed E-state index contributed by atoms with van der Waals surface area (Å²) in [6.45, 7) is 2.78. The van der Waals surface area contributed by atoms with Crippen LogP contribution in [0.25, 0.3) is 0 Å². The Balaban J connectivity index is 0.00000128. The molecule has 9 heteroatoms. The predicted molar refractivity (Wildman–Crippen MR) is 72.8 cm³/mol. The zero-order valence-electron chi connectivity index (χ0n) is 9.13. The quantitative estimate of drug-likeness (QED) is 0.659. The highest BCUT2D eigenvalue weighted by molar-refractivity contribution is 5.85. The molecule has 1 aliphatic heterocycles. The number of aromatic nitrogens is 2. The van der Waals surface area contributed by atoms with Gasteiger partial charge in [-0.05, 0) is 0 Å². The van der Waals surface area contributed by atoms with Gasteiger partial charge in [-0.1, -0.05) is 0 Å². The number of ether oxygens (including phenoxy) is 1. The van der Waals surface area contributed by atoms with Gasteiger partial charge >= 0.3 is 0 Å². The van der Waals surface area contributed by atoms with E-state index >= 15 is 0 Å². The highest BCUT2D eigenvalue weighted by atomic mass is 35.5. The number of nitrogens with zero attached hydrogens (tertiary/aromatic N) is 3. The van der Waals surface area contributed by atoms with Crippen LogP contribution in [-0.4, -0.2) is 36.3 Å². The van der Waals surface area contributed by atoms with Crippen molar-refractivity contribution >= 4 is 48.1 Å². The summed E-state index contributed by atoms with van der Waals surface area (Å²) in [5.74, 6) is 0.968. The monoisotopic (exact) mass is 282 g/mol. The van der Waals surface area contributed by atoms with Crippen LogP contribution in [0.2, 0.25) is 0 Å². The van der Waals surface area contributed by atoms with Gasteiger partial charge in [0, 0.05) is 13.1 Å². The van der Waals surface area contributed by atoms with Crippen LogP contribution in [0, 0.1) is 0 Å². The van der Waals surface area contributed by atoms with Crippen LogP contribution in [0.3, 0.4) is 0 Å². The van der Waals surface area contributed by atoms with E-state index in [-0.39, 0.29) is 36.6 Å². The average Bonchev–Trinajstić information content (AvgIpc) is 2.24. The van der Waals surface area contributed by atoms with Crippen LogP contribution < -0.4 is 22.1 Å². The first-order valence-corrected chi connectivity index (χ1v) is 4.69. The third kappa shape index (κ3) is 3.39. The lowest BCUT2D eigenvalue weighted by Gasteiger charge is -2.28. The van der Waals surface area contributed by atoms with Crippen molar-refractivity contribution < 1.29 is 4.74 Å². The Morgan fingerprint density at radius 3 is 2.18 bits per heavy atom. The molecule has 0 atom stereocenters. The summed E-state index contributed by atoms with van der Waals surface area (Å²) in [5.41, 5.74) is 17.3. The van der Waals surface area contributed by atoms with Gasteiger partial charge in [0.1, 0.15) is 5.69 Å². The molecule has 2 rings (SSSR count). The molecular weight excluding hydrogens is 267 g/mol. The minimum absolute atomic E-state index is 0. The molecule has 17 heavy (non-hydrogen) atoms. The maximum absolute atomic E-state index is 5.79. The van der Waals surface area contributed by atoms with Crippen LogP contribution in [0.4, 0.5) is 23.3 Å². The number of anilines is 4. The van der Waals surface area contributed by atoms with Crippen LogP contribution in [0.1, 0.15) is 0 Å². The zero-order chi connectivity index (χ0) is 10.8. The van der Waals surface area contributed by atoms with Crippen molar-refractivity contribution in [2.24, 2.45) is 0 Å². The summed E-state index contributed by atoms with van der Waals surface area (Å²) >= 11 is 0. The second-order valence-corrected chi connectivity index (χ2v) is 3.30. The standard InChI is InChI=1S/C8H14N6O.2ClH/c9-5-6(10)12-8(11)13-7(5)14-1-3-15-4-2-14;;/h1-4,9H2,(H4,10,11,12,13);2*1H. The number of nitrogen functional groups attached to an aromatic ring is 3. The molecule has 7 nitrogen and oxygen atoms in total. The first-order valence-electron chi connectivity index (χ1n) is 4.69. The molecule has 0 radical (unpaired) electrons. The number of rotatable bonds is 1. The Bertz CT molecular complexity index is 371. The molecule has 6 N–H and O–H groups in total. The van der Waals surface area contributed by atoms with Crippen molar-refractivity contribution in [3.63, 3.8) is 0 Å². The van der Waals surface area contributed by atoms with Crippen LogP contribution >= 0.6 is 24.8 Å². The minimum Gasteiger partial charge on any atom is -0.393 e. The maximum atomic E-state index is 5.79. The van der Waals surface area contributed by atoms with E-state index in [1.165, 1.54) is 0 Å². The molecule has 0 amide bonds. The fourth-order valence-electron chi connectivity index (χ4n) is 1.51. The van der Waals surface area contributed by atoms with Gasteiger partial charge in [-0.25, -0.2) is 0 Å². The number of nitrogens with two attached hydrogens (primary N) is 3. The molecule has 98 valence electrons. The predicted octanol–water partition coefficient (Wildman–Crippen LogP) is -0.0966. The van der Waals surface area contributed by atoms with Crippen molar-refractivity contribution in [1.82, 2.24) is 9.97 Å². The maximum Gasteiger partial charge on any atom is 0.224 e. The van der Waals surface area contributed by atoms with Gasteiger partial charge in [0.05, 0.1) is 13.2 Å². The van der Waals surface area contributed by atoms with Gasteiger partial charge < -0.3 is 26.8 Å². The van der Waals surface area contributed by atoms with E-state index in [2.05, 4.69) is 9.97 Å². The summed E-state index contributed by atoms with van der Waals surface area (Å²) in [7, 11) is 0. The topological polar surface area (TPSA) is 116 Å². The molecule has 1 fully saturated rings. The lowest BCUT2D eigenvalue weighted by Crippen LogP contribution is -2.37. The van der Waals surface area contributed by atoms with E-state index in [1.54, 1.807) is 0 Å². The Kier molecular flexibility index (Phi) is 6.08. The first kappa shape index (κ1) is 15.8. The van der Waals surface area contributed by atoms with Gasteiger partial charge in [-0.3, -0.25) is 0 Å². The molecule has 1 aliphatic rings. The van der Waals surface area contributed by atoms with Gasteiger partial charge in [-0.2, -0.15) is 9.97 Å². The Hall–Kier alpha value is -1.18. The lowest BCUT2D eigenvalue weighted by atomic mass is 10.3. The van der Waals surface area contributed by atoms with Gasteiger partial charge in [-0.15, -0.1) is 24.8 Å². The van der Waals surface area contributed by atoms with E-state index in [1.807, 2.05) is 4.90 Å². The van der Waals surface area contributed by atoms with Crippen molar-refractivity contribution in [3.8, 4) is 0 Å². The molecule has 0 aromatic carbocycles. The smallest absolute Gasteiger partial charge is 0.224 e. The van der Waals surface area contributed by atoms with Crippen LogP contribution in [0.15, 0.2) is 0 Å². The molecule has 0 aliphatic carbocycles. The van der Waals surface area contributed by atoms with Gasteiger partial charge in [0.15, 0.2) is 11.6 Å². The summed E-state index contributed by atoms with van der Waals surface area (Å²) in [6.07, 6.45) is 0. The number of hydrogen-bond donors (Lipinski definition) is 3. The van der Waals surface area contributed by atoms with Crippen molar-refractivity contribution in [2.45, 2.75) is 0 Å². The number of hydrogen-bond acceptors (Lipinski definition) is 7. The summed E-state index contributed by atoms with van der Waals surface area (Å²) in [4.78, 5) is 9.87. The lowest BCUT2D eigenvalue weighted by molar-refractivity contribution is 0.122. The van der Waals surface area contributed by atoms with Gasteiger partial charge in [0.2, 0.25) is 5.95 Å². The third-order valence-electron chi connectivity index (χ3n) is 2.28. The number of morpholine rings is 1. The third-order valence-corrected chi connectivity index (χ3v) is 2.28. The second-order valence-electron chi connectivity index (χ2n) is 3.30. The highest BCUT2D eigenvalue weighted by Crippen LogP contribution is 2.26. The molecule has 0 spiro atoms. The fraction of sp³-hybridized carbons (Fsp3) is 0.500. The van der Waals surface area contributed by atoms with Crippen molar-refractivity contribution in [2.75, 3.05) is 48.4 Å². The molecule has 1 aromatic heterocycles. The van der Waals surface area contributed by atoms with Crippen LogP contribution in [-0.2, 0) is 4.74 Å². The first-order chi connectivity index (χ1) is 7.18. The Labute approximate surface area is 112 Å². The highest BCUT2D eigenvalue weighted by Gasteiger charge is 2.17. The van der Waals surface area contributed by atoms with Gasteiger partial charge in [0.25, 0.3) is 0 Å². The molecule has 0 saturated carbocycles. The summed E-state index contributed by atoms with van der Waals surface area (Å²) in [5, 5.41) is 0. The summed E-state index contributed by atoms with van der Waals surface area (Å²) in [6, 6.07) is 0. The van der Waals surface area contributed by atoms with Crippen LogP contribution in [0.5, 0.6) is 0 Å². The zero-order valence-corrected chi connectivity index (χ0v) is 10.8. The van der Waals surface area contributed by atoms with Crippen molar-refractivity contribution in [3.05, 3.63) is 0 Å². The minimum atomic E-state index is 0. The van der Waals surface area contributed by atoms with E-state index in [9.17, 15) is 0 Å². The fourth-order valence-corrected chi connectivity index (χ4v) is 1.51. The van der Waals surface area contributed by atoms with Crippen molar-refractivity contribution in [1.29, 1.82) is 0 Å². The molecule has 0 unspecified atom stereocenters. The van der Waals surface area contributed by atoms with E-state index in [0.29, 0.717) is 24.7 Å². The van der Waals surface area contributed by atoms with E-state index < -0.39 is 0 Å². The Morgan fingerprint density at radius 2 is 1.59 bits per heavy atom. The molecular formula is C8H16Cl2N6O. The number of halogens is 2. The van der Waals surface area contributed by atoms with E-state index in [4.69, 9.17) is 21.9 Å². The second kappa shape index (κ2) is 6.53. The Morgan fingerprint density at radius 1 is 1.00 bits per heavy atom. The van der Waals surface area contributed by atoms with E-state index in [0.717, 1.165) is 13.1 Å². The SMILES string of the molecule is Cl.Cl.Nc1nc(N)c(N)c(N2CCOCC2)n1.